The van der Waals surface area contributed by atoms with Gasteiger partial charge in [-0.1, -0.05) is 18.2 Å². The van der Waals surface area contributed by atoms with Gasteiger partial charge in [-0.15, -0.1) is 0 Å². The van der Waals surface area contributed by atoms with Crippen molar-refractivity contribution in [1.29, 1.82) is 0 Å². The highest BCUT2D eigenvalue weighted by Crippen LogP contribution is 2.20. The highest BCUT2D eigenvalue weighted by molar-refractivity contribution is 5.97. The molecule has 1 aromatic rings. The van der Waals surface area contributed by atoms with E-state index in [0.717, 1.165) is 16.7 Å². The van der Waals surface area contributed by atoms with Crippen molar-refractivity contribution in [3.05, 3.63) is 34.9 Å². The summed E-state index contributed by atoms with van der Waals surface area (Å²) in [5.74, 6) is -0.134. The zero-order chi connectivity index (χ0) is 14.2. The molecule has 1 heterocycles. The van der Waals surface area contributed by atoms with Crippen LogP contribution in [-0.4, -0.2) is 28.8 Å². The molecule has 0 aromatic heterocycles. The first-order chi connectivity index (χ1) is 8.81. The average molecular weight is 260 g/mol. The first kappa shape index (κ1) is 13.6. The topological polar surface area (TPSA) is 49.4 Å². The number of carbonyl (C=O) groups excluding carboxylic acids is 2. The molecule has 1 N–H and O–H groups in total. The normalized spacial score (nSPS) is 18.4. The molecular weight excluding hydrogens is 240 g/mol. The minimum atomic E-state index is -0.814. The van der Waals surface area contributed by atoms with Crippen LogP contribution in [0.3, 0.4) is 0 Å². The van der Waals surface area contributed by atoms with Crippen LogP contribution in [0.5, 0.6) is 0 Å². The first-order valence-electron chi connectivity index (χ1n) is 6.47. The number of hydrogen-bond acceptors (Lipinski definition) is 2. The van der Waals surface area contributed by atoms with Crippen molar-refractivity contribution in [2.24, 2.45) is 0 Å². The van der Waals surface area contributed by atoms with Crippen molar-refractivity contribution in [2.75, 3.05) is 6.54 Å². The minimum Gasteiger partial charge on any atom is -0.341 e. The molecule has 102 valence electrons. The van der Waals surface area contributed by atoms with Crippen molar-refractivity contribution in [2.45, 2.75) is 39.8 Å². The fraction of sp³-hybridized carbons (Fsp3) is 0.467. The van der Waals surface area contributed by atoms with E-state index in [-0.39, 0.29) is 18.4 Å². The summed E-state index contributed by atoms with van der Waals surface area (Å²) in [5, 5.41) is 2.72. The van der Waals surface area contributed by atoms with Gasteiger partial charge in [-0.2, -0.15) is 0 Å². The summed E-state index contributed by atoms with van der Waals surface area (Å²) in [7, 11) is 0. The quantitative estimate of drug-likeness (QED) is 0.877. The van der Waals surface area contributed by atoms with E-state index in [2.05, 4.69) is 5.32 Å². The number of aryl methyl sites for hydroxylation is 2. The van der Waals surface area contributed by atoms with Gasteiger partial charge in [-0.05, 0) is 44.4 Å². The third-order valence-electron chi connectivity index (χ3n) is 3.60. The number of piperazine rings is 1. The van der Waals surface area contributed by atoms with Crippen molar-refractivity contribution in [3.8, 4) is 0 Å². The number of benzene rings is 1. The molecule has 1 saturated heterocycles. The Balaban J connectivity index is 2.27. The molecule has 0 bridgehead atoms. The van der Waals surface area contributed by atoms with E-state index in [1.165, 1.54) is 0 Å². The van der Waals surface area contributed by atoms with Crippen LogP contribution in [0, 0.1) is 13.8 Å². The van der Waals surface area contributed by atoms with Gasteiger partial charge in [0.25, 0.3) is 0 Å². The lowest BCUT2D eigenvalue weighted by Crippen LogP contribution is -2.63. The fourth-order valence-electron chi connectivity index (χ4n) is 2.50. The summed E-state index contributed by atoms with van der Waals surface area (Å²) < 4.78 is 0. The molecule has 2 amide bonds. The smallest absolute Gasteiger partial charge is 0.248 e. The lowest BCUT2D eigenvalue weighted by Gasteiger charge is -2.37. The second kappa shape index (κ2) is 4.68. The summed E-state index contributed by atoms with van der Waals surface area (Å²) >= 11 is 0. The highest BCUT2D eigenvalue weighted by atomic mass is 16.2. The predicted molar refractivity (Wildman–Crippen MR) is 73.6 cm³/mol. The van der Waals surface area contributed by atoms with Crippen LogP contribution in [0.1, 0.15) is 30.5 Å². The molecule has 4 heteroatoms. The second-order valence-electron chi connectivity index (χ2n) is 5.70. The summed E-state index contributed by atoms with van der Waals surface area (Å²) in [6, 6.07) is 6.06. The monoisotopic (exact) mass is 260 g/mol. The number of nitrogens with one attached hydrogen (secondary N) is 1. The molecule has 1 fully saturated rings. The van der Waals surface area contributed by atoms with Crippen LogP contribution >= 0.6 is 0 Å². The Morgan fingerprint density at radius 1 is 1.21 bits per heavy atom. The van der Waals surface area contributed by atoms with Crippen molar-refractivity contribution < 1.29 is 9.59 Å². The summed E-state index contributed by atoms with van der Waals surface area (Å²) in [4.78, 5) is 25.7. The number of nitrogens with zero attached hydrogens (tertiary/aromatic N) is 1. The Labute approximate surface area is 113 Å². The van der Waals surface area contributed by atoms with Crippen LogP contribution in [0.4, 0.5) is 0 Å². The van der Waals surface area contributed by atoms with Gasteiger partial charge in [0.2, 0.25) is 11.8 Å². The maximum absolute atomic E-state index is 12.3. The van der Waals surface area contributed by atoms with Crippen LogP contribution in [0.15, 0.2) is 18.2 Å². The van der Waals surface area contributed by atoms with Gasteiger partial charge >= 0.3 is 0 Å². The zero-order valence-electron chi connectivity index (χ0n) is 11.9. The number of rotatable bonds is 2. The summed E-state index contributed by atoms with van der Waals surface area (Å²) in [5.41, 5.74) is 2.61. The van der Waals surface area contributed by atoms with E-state index >= 15 is 0 Å². The minimum absolute atomic E-state index is 0.0326. The van der Waals surface area contributed by atoms with E-state index < -0.39 is 5.54 Å². The SMILES string of the molecule is Cc1cccc(C)c1CN1CC(=O)NC(C)(C)C1=O. The Hall–Kier alpha value is -1.84. The third kappa shape index (κ3) is 2.62. The summed E-state index contributed by atoms with van der Waals surface area (Å²) in [6.45, 7) is 8.17. The molecule has 0 spiro atoms. The molecule has 0 unspecified atom stereocenters. The predicted octanol–water partition coefficient (Wildman–Crippen LogP) is 1.54. The van der Waals surface area contributed by atoms with Gasteiger partial charge < -0.3 is 10.2 Å². The molecule has 0 aliphatic carbocycles. The van der Waals surface area contributed by atoms with Crippen molar-refractivity contribution >= 4 is 11.8 Å². The molecule has 1 aromatic carbocycles. The highest BCUT2D eigenvalue weighted by Gasteiger charge is 2.39. The van der Waals surface area contributed by atoms with Gasteiger partial charge in [0.05, 0.1) is 6.54 Å². The molecule has 19 heavy (non-hydrogen) atoms. The molecule has 0 radical (unpaired) electrons. The molecule has 1 aliphatic rings. The van der Waals surface area contributed by atoms with Gasteiger partial charge in [-0.3, -0.25) is 9.59 Å². The molecule has 1 aliphatic heterocycles. The van der Waals surface area contributed by atoms with E-state index in [4.69, 9.17) is 0 Å². The van der Waals surface area contributed by atoms with Crippen LogP contribution in [-0.2, 0) is 16.1 Å². The van der Waals surface area contributed by atoms with Crippen molar-refractivity contribution in [1.82, 2.24) is 10.2 Å². The van der Waals surface area contributed by atoms with E-state index in [0.29, 0.717) is 6.54 Å². The van der Waals surface area contributed by atoms with Crippen LogP contribution < -0.4 is 5.32 Å². The maximum Gasteiger partial charge on any atom is 0.248 e. The van der Waals surface area contributed by atoms with E-state index in [1.807, 2.05) is 32.0 Å². The van der Waals surface area contributed by atoms with Crippen LogP contribution in [0.2, 0.25) is 0 Å². The standard InChI is InChI=1S/C15H20N2O2/c1-10-6-5-7-11(2)12(10)8-17-9-13(18)16-15(3,4)14(17)19/h5-7H,8-9H2,1-4H3,(H,16,18). The molecule has 0 atom stereocenters. The maximum atomic E-state index is 12.3. The average Bonchev–Trinajstić information content (AvgIpc) is 2.29. The third-order valence-corrected chi connectivity index (χ3v) is 3.60. The van der Waals surface area contributed by atoms with E-state index in [1.54, 1.807) is 18.7 Å². The Kier molecular flexibility index (Phi) is 3.35. The van der Waals surface area contributed by atoms with Crippen molar-refractivity contribution in [3.63, 3.8) is 0 Å². The Morgan fingerprint density at radius 3 is 2.37 bits per heavy atom. The van der Waals surface area contributed by atoms with Gasteiger partial charge in [0.1, 0.15) is 5.54 Å². The molecule has 0 saturated carbocycles. The number of carbonyl (C=O) groups is 2. The lowest BCUT2D eigenvalue weighted by atomic mass is 9.97. The first-order valence-corrected chi connectivity index (χ1v) is 6.47. The Bertz CT molecular complexity index is 515. The van der Waals surface area contributed by atoms with E-state index in [9.17, 15) is 9.59 Å². The van der Waals surface area contributed by atoms with Gasteiger partial charge in [0, 0.05) is 6.54 Å². The van der Waals surface area contributed by atoms with Crippen LogP contribution in [0.25, 0.3) is 0 Å². The second-order valence-corrected chi connectivity index (χ2v) is 5.70. The lowest BCUT2D eigenvalue weighted by molar-refractivity contribution is -0.148. The van der Waals surface area contributed by atoms with Gasteiger partial charge in [-0.25, -0.2) is 0 Å². The molecule has 4 nitrogen and oxygen atoms in total. The number of amides is 2. The van der Waals surface area contributed by atoms with Gasteiger partial charge in [0.15, 0.2) is 0 Å². The number of hydrogen-bond donors (Lipinski definition) is 1. The molecule has 2 rings (SSSR count). The largest absolute Gasteiger partial charge is 0.341 e. The Morgan fingerprint density at radius 2 is 1.79 bits per heavy atom. The summed E-state index contributed by atoms with van der Waals surface area (Å²) in [6.07, 6.45) is 0. The fourth-order valence-corrected chi connectivity index (χ4v) is 2.50. The zero-order valence-corrected chi connectivity index (χ0v) is 11.9. The molecular formula is C15H20N2O2.